The molecule has 2 bridgehead atoms. The molecule has 3 fully saturated rings. The largest absolute Gasteiger partial charge is 0.463 e. The molecule has 3 aliphatic heterocycles. The first kappa shape index (κ1) is 31.6. The monoisotopic (exact) mass is 680 g/mol. The molecule has 47 heavy (non-hydrogen) atoms. The lowest BCUT2D eigenvalue weighted by Crippen LogP contribution is -2.51. The predicted molar refractivity (Wildman–Crippen MR) is 161 cm³/mol. The lowest BCUT2D eigenvalue weighted by molar-refractivity contribution is -0.137. The minimum absolute atomic E-state index is 0.00866. The Kier molecular flexibility index (Phi) is 7.84. The van der Waals surface area contributed by atoms with Crippen LogP contribution in [-0.4, -0.2) is 61.4 Å². The second-order valence-corrected chi connectivity index (χ2v) is 13.2. The van der Waals surface area contributed by atoms with Crippen molar-refractivity contribution in [2.75, 3.05) is 43.5 Å². The maximum Gasteiger partial charge on any atom is 0.417 e. The van der Waals surface area contributed by atoms with Crippen molar-refractivity contribution in [3.8, 4) is 23.2 Å². The number of piperazine rings is 1. The van der Waals surface area contributed by atoms with Crippen LogP contribution in [0.5, 0.6) is 6.01 Å². The number of fused-ring (bicyclic) bond motifs is 4. The lowest BCUT2D eigenvalue weighted by atomic mass is 9.81. The topological polar surface area (TPSA) is 109 Å². The number of nitrogen functional groups attached to an aromatic ring is 1. The quantitative estimate of drug-likeness (QED) is 0.218. The SMILES string of the molecule is N#Cc1c(N)sc2c(F)ccc(-c3c(C(F)(F)F)cc4c(N5CC6CCC(C5)N6)nc(OCC5(C(F)F)CCOCC5)nc4c3F)c12. The number of alkyl halides is 5. The molecule has 16 heteroatoms. The van der Waals surface area contributed by atoms with E-state index in [-0.39, 0.29) is 70.0 Å². The van der Waals surface area contributed by atoms with Crippen LogP contribution >= 0.6 is 11.3 Å². The Morgan fingerprint density at radius 3 is 2.49 bits per heavy atom. The van der Waals surface area contributed by atoms with Gasteiger partial charge in [-0.2, -0.15) is 28.4 Å². The van der Waals surface area contributed by atoms with Crippen LogP contribution in [0.1, 0.15) is 36.8 Å². The van der Waals surface area contributed by atoms with Crippen LogP contribution in [0.3, 0.4) is 0 Å². The van der Waals surface area contributed by atoms with Gasteiger partial charge in [-0.05, 0) is 43.4 Å². The zero-order valence-electron chi connectivity index (χ0n) is 24.6. The highest BCUT2D eigenvalue weighted by atomic mass is 32.1. The summed E-state index contributed by atoms with van der Waals surface area (Å²) in [7, 11) is 0. The third kappa shape index (κ3) is 5.38. The van der Waals surface area contributed by atoms with Gasteiger partial charge in [0.2, 0.25) is 6.43 Å². The molecule has 2 unspecified atom stereocenters. The Bertz CT molecular complexity index is 1910. The molecule has 2 atom stereocenters. The van der Waals surface area contributed by atoms with Crippen LogP contribution in [-0.2, 0) is 10.9 Å². The average Bonchev–Trinajstić information content (AvgIpc) is 3.57. The standard InChI is InChI=1S/C31H27F7N6O2S/c32-20-4-3-16(21-18(10-39)26(40)47-25(20)21)22-19(31(36,37)38)9-17-24(23(22)33)42-29(46-13-30(28(34)35)5-7-45-8-6-30)43-27(17)44-11-14-1-2-15(12-44)41-14/h3-4,9,14-15,28,41H,1-2,5-8,11-13,40H2. The fraction of sp³-hybridized carbons (Fsp3) is 0.452. The van der Waals surface area contributed by atoms with E-state index in [1.54, 1.807) is 11.0 Å². The molecule has 3 saturated heterocycles. The van der Waals surface area contributed by atoms with Crippen LogP contribution < -0.4 is 20.7 Å². The third-order valence-corrected chi connectivity index (χ3v) is 10.4. The van der Waals surface area contributed by atoms with Gasteiger partial charge in [0.1, 0.15) is 34.8 Å². The number of nitriles is 1. The number of nitrogens with one attached hydrogen (secondary N) is 1. The molecule has 4 aromatic rings. The first-order valence-corrected chi connectivity index (χ1v) is 15.7. The molecule has 0 saturated carbocycles. The van der Waals surface area contributed by atoms with E-state index in [1.807, 2.05) is 0 Å². The lowest BCUT2D eigenvalue weighted by Gasteiger charge is -2.36. The number of ether oxygens (including phenoxy) is 2. The van der Waals surface area contributed by atoms with Crippen LogP contribution in [0.25, 0.3) is 32.1 Å². The van der Waals surface area contributed by atoms with Crippen LogP contribution in [0.4, 0.5) is 41.6 Å². The van der Waals surface area contributed by atoms with Crippen LogP contribution in [0, 0.1) is 28.4 Å². The summed E-state index contributed by atoms with van der Waals surface area (Å²) in [6, 6.07) is 3.94. The van der Waals surface area contributed by atoms with E-state index in [0.717, 1.165) is 31.0 Å². The van der Waals surface area contributed by atoms with E-state index in [4.69, 9.17) is 15.2 Å². The van der Waals surface area contributed by atoms with Gasteiger partial charge in [0, 0.05) is 54.7 Å². The Hall–Kier alpha value is -3.94. The zero-order chi connectivity index (χ0) is 33.2. The highest BCUT2D eigenvalue weighted by Gasteiger charge is 2.43. The number of anilines is 2. The molecule has 0 amide bonds. The number of hydrogen-bond acceptors (Lipinski definition) is 9. The van der Waals surface area contributed by atoms with Crippen molar-refractivity contribution in [1.82, 2.24) is 15.3 Å². The zero-order valence-corrected chi connectivity index (χ0v) is 25.4. The number of hydrogen-bond donors (Lipinski definition) is 2. The van der Waals surface area contributed by atoms with Crippen molar-refractivity contribution >= 4 is 43.1 Å². The Morgan fingerprint density at radius 2 is 1.85 bits per heavy atom. The molecule has 8 nitrogen and oxygen atoms in total. The molecular formula is C31H27F7N6O2S. The Balaban J connectivity index is 1.46. The molecule has 3 aliphatic rings. The molecule has 3 N–H and O–H groups in total. The van der Waals surface area contributed by atoms with Crippen LogP contribution in [0.15, 0.2) is 18.2 Å². The van der Waals surface area contributed by atoms with Gasteiger partial charge in [0.05, 0.1) is 21.2 Å². The molecular weight excluding hydrogens is 653 g/mol. The molecule has 2 aromatic heterocycles. The van der Waals surface area contributed by atoms with E-state index in [1.165, 1.54) is 0 Å². The minimum atomic E-state index is -5.11. The van der Waals surface area contributed by atoms with Crippen molar-refractivity contribution in [2.24, 2.45) is 5.41 Å². The Morgan fingerprint density at radius 1 is 1.15 bits per heavy atom. The van der Waals surface area contributed by atoms with Gasteiger partial charge >= 0.3 is 12.2 Å². The molecule has 2 aromatic carbocycles. The van der Waals surface area contributed by atoms with Crippen molar-refractivity contribution < 1.29 is 40.2 Å². The van der Waals surface area contributed by atoms with Gasteiger partial charge in [-0.15, -0.1) is 11.3 Å². The van der Waals surface area contributed by atoms with Gasteiger partial charge in [-0.25, -0.2) is 17.6 Å². The summed E-state index contributed by atoms with van der Waals surface area (Å²) in [6.07, 6.45) is -6.26. The number of thiophene rings is 1. The van der Waals surface area contributed by atoms with Crippen molar-refractivity contribution in [3.63, 3.8) is 0 Å². The van der Waals surface area contributed by atoms with Gasteiger partial charge < -0.3 is 25.4 Å². The highest BCUT2D eigenvalue weighted by Crippen LogP contribution is 2.48. The smallest absolute Gasteiger partial charge is 0.417 e. The number of nitrogens with zero attached hydrogens (tertiary/aromatic N) is 4. The highest BCUT2D eigenvalue weighted by molar-refractivity contribution is 7.23. The third-order valence-electron chi connectivity index (χ3n) is 9.35. The summed E-state index contributed by atoms with van der Waals surface area (Å²) in [5.41, 5.74) is 0.741. The summed E-state index contributed by atoms with van der Waals surface area (Å²) < 4.78 is 116. The van der Waals surface area contributed by atoms with E-state index >= 15 is 4.39 Å². The fourth-order valence-corrected chi connectivity index (χ4v) is 7.82. The fourth-order valence-electron chi connectivity index (χ4n) is 6.87. The summed E-state index contributed by atoms with van der Waals surface area (Å²) in [6.45, 7) is 0.346. The number of benzene rings is 2. The van der Waals surface area contributed by atoms with Crippen LogP contribution in [0.2, 0.25) is 0 Å². The molecule has 248 valence electrons. The minimum Gasteiger partial charge on any atom is -0.463 e. The molecule has 5 heterocycles. The first-order valence-electron chi connectivity index (χ1n) is 14.9. The van der Waals surface area contributed by atoms with Gasteiger partial charge in [-0.3, -0.25) is 0 Å². The number of nitrogens with two attached hydrogens (primary N) is 1. The van der Waals surface area contributed by atoms with Crippen molar-refractivity contribution in [3.05, 3.63) is 41.0 Å². The molecule has 0 radical (unpaired) electrons. The average molecular weight is 681 g/mol. The number of rotatable bonds is 6. The molecule has 0 spiro atoms. The van der Waals surface area contributed by atoms with E-state index in [0.29, 0.717) is 24.4 Å². The van der Waals surface area contributed by atoms with Crippen molar-refractivity contribution in [1.29, 1.82) is 5.26 Å². The van der Waals surface area contributed by atoms with Crippen molar-refractivity contribution in [2.45, 2.75) is 50.4 Å². The normalized spacial score (nSPS) is 21.1. The van der Waals surface area contributed by atoms with Gasteiger partial charge in [0.25, 0.3) is 0 Å². The van der Waals surface area contributed by atoms with E-state index in [2.05, 4.69) is 15.3 Å². The maximum atomic E-state index is 16.9. The maximum absolute atomic E-state index is 16.9. The Labute approximate surface area is 267 Å². The predicted octanol–water partition coefficient (Wildman–Crippen LogP) is 6.64. The summed E-state index contributed by atoms with van der Waals surface area (Å²) in [4.78, 5) is 10.3. The van der Waals surface area contributed by atoms with Gasteiger partial charge in [-0.1, -0.05) is 6.07 Å². The number of halogens is 7. The molecule has 7 rings (SSSR count). The second-order valence-electron chi connectivity index (χ2n) is 12.2. The second kappa shape index (κ2) is 11.6. The summed E-state index contributed by atoms with van der Waals surface area (Å²) in [5, 5.41) is 12.5. The van der Waals surface area contributed by atoms with E-state index < -0.39 is 64.5 Å². The summed E-state index contributed by atoms with van der Waals surface area (Å²) in [5.74, 6) is -2.29. The molecule has 0 aliphatic carbocycles. The van der Waals surface area contributed by atoms with E-state index in [9.17, 15) is 31.6 Å². The van der Waals surface area contributed by atoms with Gasteiger partial charge in [0.15, 0.2) is 5.82 Å². The first-order chi connectivity index (χ1) is 22.4. The number of aromatic nitrogens is 2. The summed E-state index contributed by atoms with van der Waals surface area (Å²) >= 11 is 0.662.